The maximum Gasteiger partial charge on any atom is 0.0626 e. The Hall–Kier alpha value is -5.40. The molecule has 45 heavy (non-hydrogen) atoms. The minimum absolute atomic E-state index is 0.0860. The molecule has 0 spiro atoms. The van der Waals surface area contributed by atoms with Crippen molar-refractivity contribution < 1.29 is 0 Å². The van der Waals surface area contributed by atoms with Gasteiger partial charge in [0.1, 0.15) is 0 Å². The fourth-order valence-electron chi connectivity index (χ4n) is 8.68. The Balaban J connectivity index is 1.34. The zero-order valence-electron chi connectivity index (χ0n) is 25.4. The lowest BCUT2D eigenvalue weighted by atomic mass is 9.68. The minimum Gasteiger partial charge on any atom is -0.309 e. The number of fused-ring (bicyclic) bond motifs is 9. The topological polar surface area (TPSA) is 4.93 Å². The van der Waals surface area contributed by atoms with E-state index in [1.165, 1.54) is 88.3 Å². The Morgan fingerprint density at radius 3 is 2.13 bits per heavy atom. The SMILES string of the molecule is CC1(C)c2ccccc2-c2c3c1cccc3cc1c3ccccc3n(-c3ccc4c(c3)-c3ccccc3C4c3ccccc3)c21. The first-order chi connectivity index (χ1) is 22.1. The van der Waals surface area contributed by atoms with E-state index < -0.39 is 0 Å². The average Bonchev–Trinajstić information content (AvgIpc) is 3.59. The van der Waals surface area contributed by atoms with Crippen LogP contribution in [0.15, 0.2) is 146 Å². The van der Waals surface area contributed by atoms with Crippen molar-refractivity contribution in [3.63, 3.8) is 0 Å². The van der Waals surface area contributed by atoms with Gasteiger partial charge in [0.25, 0.3) is 0 Å². The number of hydrogen-bond donors (Lipinski definition) is 0. The van der Waals surface area contributed by atoms with Gasteiger partial charge in [0.15, 0.2) is 0 Å². The van der Waals surface area contributed by atoms with Gasteiger partial charge in [-0.25, -0.2) is 0 Å². The third-order valence-corrected chi connectivity index (χ3v) is 10.6. The van der Waals surface area contributed by atoms with Gasteiger partial charge >= 0.3 is 0 Å². The molecule has 0 radical (unpaired) electrons. The van der Waals surface area contributed by atoms with Crippen LogP contribution in [0.1, 0.15) is 47.6 Å². The minimum atomic E-state index is -0.0860. The number of aromatic nitrogens is 1. The summed E-state index contributed by atoms with van der Waals surface area (Å²) in [5.74, 6) is 0.242. The van der Waals surface area contributed by atoms with Crippen molar-refractivity contribution in [2.75, 3.05) is 0 Å². The van der Waals surface area contributed by atoms with Crippen molar-refractivity contribution in [1.82, 2.24) is 4.57 Å². The quantitative estimate of drug-likeness (QED) is 0.194. The molecule has 1 unspecified atom stereocenters. The Kier molecular flexibility index (Phi) is 4.90. The van der Waals surface area contributed by atoms with Crippen LogP contribution in [0.5, 0.6) is 0 Å². The monoisotopic (exact) mass is 573 g/mol. The van der Waals surface area contributed by atoms with Crippen molar-refractivity contribution >= 4 is 32.6 Å². The molecule has 0 aliphatic heterocycles. The lowest BCUT2D eigenvalue weighted by Crippen LogP contribution is -2.23. The summed E-state index contributed by atoms with van der Waals surface area (Å²) in [7, 11) is 0. The molecular formula is C44H31N. The number of benzene rings is 7. The number of rotatable bonds is 2. The second kappa shape index (κ2) is 8.83. The van der Waals surface area contributed by atoms with Crippen LogP contribution in [0, 0.1) is 0 Å². The molecule has 0 saturated heterocycles. The Bertz CT molecular complexity index is 2510. The van der Waals surface area contributed by atoms with Gasteiger partial charge in [-0.2, -0.15) is 0 Å². The first-order valence-electron chi connectivity index (χ1n) is 16.0. The first kappa shape index (κ1) is 25.0. The molecule has 1 heteroatoms. The van der Waals surface area contributed by atoms with Crippen molar-refractivity contribution in [3.8, 4) is 27.9 Å². The predicted octanol–water partition coefficient (Wildman–Crippen LogP) is 11.4. The van der Waals surface area contributed by atoms with E-state index in [0.29, 0.717) is 0 Å². The Morgan fingerprint density at radius 2 is 1.24 bits per heavy atom. The second-order valence-corrected chi connectivity index (χ2v) is 13.3. The van der Waals surface area contributed by atoms with Crippen LogP contribution in [-0.2, 0) is 5.41 Å². The van der Waals surface area contributed by atoms with E-state index in [0.717, 1.165) is 0 Å². The summed E-state index contributed by atoms with van der Waals surface area (Å²) in [6, 6.07) is 54.5. The van der Waals surface area contributed by atoms with Gasteiger partial charge in [0.05, 0.1) is 11.0 Å². The van der Waals surface area contributed by atoms with E-state index in [2.05, 4.69) is 164 Å². The summed E-state index contributed by atoms with van der Waals surface area (Å²) < 4.78 is 2.55. The zero-order valence-corrected chi connectivity index (χ0v) is 25.4. The van der Waals surface area contributed by atoms with Crippen molar-refractivity contribution in [3.05, 3.63) is 173 Å². The second-order valence-electron chi connectivity index (χ2n) is 13.3. The highest BCUT2D eigenvalue weighted by Gasteiger charge is 2.36. The van der Waals surface area contributed by atoms with Crippen LogP contribution < -0.4 is 0 Å². The smallest absolute Gasteiger partial charge is 0.0626 e. The molecule has 1 aromatic heterocycles. The highest BCUT2D eigenvalue weighted by molar-refractivity contribution is 6.23. The van der Waals surface area contributed by atoms with Crippen molar-refractivity contribution in [2.24, 2.45) is 0 Å². The predicted molar refractivity (Wildman–Crippen MR) is 189 cm³/mol. The van der Waals surface area contributed by atoms with Crippen LogP contribution in [0.4, 0.5) is 0 Å². The highest BCUT2D eigenvalue weighted by atomic mass is 15.0. The van der Waals surface area contributed by atoms with Gasteiger partial charge < -0.3 is 4.57 Å². The van der Waals surface area contributed by atoms with Gasteiger partial charge in [-0.05, 0) is 79.5 Å². The molecule has 7 aromatic carbocycles. The number of para-hydroxylation sites is 1. The van der Waals surface area contributed by atoms with E-state index in [4.69, 9.17) is 0 Å². The maximum atomic E-state index is 2.55. The Morgan fingerprint density at radius 1 is 0.533 bits per heavy atom. The third-order valence-electron chi connectivity index (χ3n) is 10.6. The fourth-order valence-corrected chi connectivity index (χ4v) is 8.68. The molecular weight excluding hydrogens is 542 g/mol. The molecule has 0 N–H and O–H groups in total. The normalized spacial score (nSPS) is 15.7. The van der Waals surface area contributed by atoms with E-state index in [1.54, 1.807) is 0 Å². The molecule has 0 saturated carbocycles. The van der Waals surface area contributed by atoms with Crippen molar-refractivity contribution in [2.45, 2.75) is 25.2 Å². The molecule has 0 amide bonds. The summed E-state index contributed by atoms with van der Waals surface area (Å²) in [5.41, 5.74) is 15.9. The van der Waals surface area contributed by atoms with Crippen LogP contribution in [0.25, 0.3) is 60.5 Å². The Labute approximate surface area is 263 Å². The number of hydrogen-bond acceptors (Lipinski definition) is 0. The first-order valence-corrected chi connectivity index (χ1v) is 16.0. The van der Waals surface area contributed by atoms with E-state index >= 15 is 0 Å². The molecule has 2 aliphatic carbocycles. The standard InChI is InChI=1S/C44H31N/c1-44(2)37-20-10-8-19-34(37)42-41-28(15-12-21-38(41)44)25-36-31-17-9-11-22-39(31)45(43(36)42)29-23-24-33-35(26-29)30-16-6-7-18-32(30)40(33)27-13-4-3-5-14-27/h3-26,40H,1-2H3. The zero-order chi connectivity index (χ0) is 29.9. The third kappa shape index (κ3) is 3.23. The maximum absolute atomic E-state index is 2.55. The molecule has 0 bridgehead atoms. The summed E-state index contributed by atoms with van der Waals surface area (Å²) in [6.07, 6.45) is 0. The lowest BCUT2D eigenvalue weighted by molar-refractivity contribution is 0.645. The van der Waals surface area contributed by atoms with E-state index in [1.807, 2.05) is 0 Å². The molecule has 2 aliphatic rings. The molecule has 1 atom stereocenters. The van der Waals surface area contributed by atoms with Gasteiger partial charge in [0, 0.05) is 33.4 Å². The van der Waals surface area contributed by atoms with Gasteiger partial charge in [0.2, 0.25) is 0 Å². The fraction of sp³-hybridized carbons (Fsp3) is 0.0909. The van der Waals surface area contributed by atoms with Crippen LogP contribution in [0.2, 0.25) is 0 Å². The van der Waals surface area contributed by atoms with Gasteiger partial charge in [-0.15, -0.1) is 0 Å². The van der Waals surface area contributed by atoms with Crippen LogP contribution in [0.3, 0.4) is 0 Å². The molecule has 1 nitrogen and oxygen atoms in total. The van der Waals surface area contributed by atoms with Gasteiger partial charge in [-0.1, -0.05) is 135 Å². The average molecular weight is 574 g/mol. The number of nitrogens with zero attached hydrogens (tertiary/aromatic N) is 1. The van der Waals surface area contributed by atoms with Gasteiger partial charge in [-0.3, -0.25) is 0 Å². The summed E-state index contributed by atoms with van der Waals surface area (Å²) in [6.45, 7) is 4.76. The molecule has 212 valence electrons. The van der Waals surface area contributed by atoms with Crippen LogP contribution in [-0.4, -0.2) is 4.57 Å². The summed E-state index contributed by atoms with van der Waals surface area (Å²) in [4.78, 5) is 0. The molecule has 8 aromatic rings. The molecule has 10 rings (SSSR count). The van der Waals surface area contributed by atoms with Crippen molar-refractivity contribution in [1.29, 1.82) is 0 Å². The van der Waals surface area contributed by atoms with E-state index in [9.17, 15) is 0 Å². The molecule has 0 fully saturated rings. The lowest BCUT2D eigenvalue weighted by Gasteiger charge is -2.35. The van der Waals surface area contributed by atoms with E-state index in [-0.39, 0.29) is 11.3 Å². The highest BCUT2D eigenvalue weighted by Crippen LogP contribution is 2.53. The largest absolute Gasteiger partial charge is 0.309 e. The van der Waals surface area contributed by atoms with Crippen LogP contribution >= 0.6 is 0 Å². The summed E-state index contributed by atoms with van der Waals surface area (Å²) in [5, 5.41) is 5.30. The summed E-state index contributed by atoms with van der Waals surface area (Å²) >= 11 is 0. The molecule has 1 heterocycles.